The molecule has 2 spiro atoms. The first kappa shape index (κ1) is 31.4. The molecule has 1 aromatic heterocycles. The van der Waals surface area contributed by atoms with Crippen molar-refractivity contribution in [3.8, 4) is 0 Å². The SMILES string of the molecule is COCCCN(CC1(O)CCC2C34C=CC5(C=C3C(=O)c3ccco3)CC(O)CCC5(C)C4CCC21C)C(=O)Nc1ccccc1. The van der Waals surface area contributed by atoms with Crippen molar-refractivity contribution in [2.75, 3.05) is 32.1 Å². The number of para-hydroxylation sites is 1. The van der Waals surface area contributed by atoms with Crippen molar-refractivity contribution in [1.82, 2.24) is 4.90 Å². The van der Waals surface area contributed by atoms with E-state index in [2.05, 4.69) is 37.4 Å². The fraction of sp³-hybridized carbons (Fsp3) is 0.579. The van der Waals surface area contributed by atoms with E-state index in [-0.39, 0.29) is 35.6 Å². The number of carbonyl (C=O) groups is 2. The first-order chi connectivity index (χ1) is 22.0. The van der Waals surface area contributed by atoms with Gasteiger partial charge in [-0.1, -0.05) is 50.3 Å². The van der Waals surface area contributed by atoms with Gasteiger partial charge in [0, 0.05) is 47.8 Å². The van der Waals surface area contributed by atoms with Crippen molar-refractivity contribution in [3.63, 3.8) is 0 Å². The minimum Gasteiger partial charge on any atom is -0.461 e. The van der Waals surface area contributed by atoms with Gasteiger partial charge in [-0.25, -0.2) is 4.79 Å². The number of furan rings is 1. The summed E-state index contributed by atoms with van der Waals surface area (Å²) in [5.41, 5.74) is -1.32. The number of allylic oxidation sites excluding steroid dienone is 4. The van der Waals surface area contributed by atoms with E-state index < -0.39 is 27.9 Å². The molecule has 3 saturated carbocycles. The van der Waals surface area contributed by atoms with Crippen LogP contribution >= 0.6 is 0 Å². The Hall–Kier alpha value is -3.20. The number of benzene rings is 1. The zero-order valence-electron chi connectivity index (χ0n) is 27.3. The zero-order chi connectivity index (χ0) is 32.4. The Morgan fingerprint density at radius 1 is 1.00 bits per heavy atom. The van der Waals surface area contributed by atoms with Crippen molar-refractivity contribution >= 4 is 17.5 Å². The molecule has 8 atom stereocenters. The maximum atomic E-state index is 14.4. The number of Topliss-reactive ketones (excluding diaryl/α,β-unsaturated/α-hetero) is 1. The number of aliphatic hydroxyl groups excluding tert-OH is 1. The first-order valence-electron chi connectivity index (χ1n) is 17.0. The molecule has 0 saturated heterocycles. The summed E-state index contributed by atoms with van der Waals surface area (Å²) in [6.45, 7) is 5.74. The Bertz CT molecular complexity index is 1540. The van der Waals surface area contributed by atoms with Crippen LogP contribution < -0.4 is 5.32 Å². The van der Waals surface area contributed by atoms with Crippen LogP contribution in [0.15, 0.2) is 76.9 Å². The van der Waals surface area contributed by atoms with Crippen LogP contribution in [0.3, 0.4) is 0 Å². The lowest BCUT2D eigenvalue weighted by atomic mass is 9.32. The number of urea groups is 1. The highest BCUT2D eigenvalue weighted by Gasteiger charge is 2.74. The molecule has 8 unspecified atom stereocenters. The molecule has 46 heavy (non-hydrogen) atoms. The standard InChI is InChI=1S/C38H48N2O6/c1-34-15-12-27(41)23-36(34)18-19-38(28(24-36)32(42)29-11-7-22-46-29)30(34)13-16-35(2)31(38)14-17-37(35,44)25-40(20-8-21-45-3)33(43)39-26-9-5-4-6-10-26/h4-7,9-11,18-19,22,24,27,30-31,41,44H,8,12-17,20-21,23,25H2,1-3H3,(H,39,43). The molecular formula is C38H48N2O6. The predicted octanol–water partition coefficient (Wildman–Crippen LogP) is 6.62. The number of fused-ring (bicyclic) bond motifs is 1. The number of rotatable bonds is 9. The third kappa shape index (κ3) is 4.43. The summed E-state index contributed by atoms with van der Waals surface area (Å²) in [5.74, 6) is 0.419. The van der Waals surface area contributed by atoms with Crippen LogP contribution in [-0.4, -0.2) is 65.4 Å². The van der Waals surface area contributed by atoms with Crippen molar-refractivity contribution in [3.05, 3.63) is 78.3 Å². The molecule has 3 N–H and O–H groups in total. The van der Waals surface area contributed by atoms with Gasteiger partial charge in [0.25, 0.3) is 0 Å². The lowest BCUT2D eigenvalue weighted by molar-refractivity contribution is -0.174. The van der Waals surface area contributed by atoms with Gasteiger partial charge in [0.05, 0.1) is 24.5 Å². The summed E-state index contributed by atoms with van der Waals surface area (Å²) in [7, 11) is 1.65. The van der Waals surface area contributed by atoms with Crippen LogP contribution in [0, 0.1) is 33.5 Å². The summed E-state index contributed by atoms with van der Waals surface area (Å²) in [6, 6.07) is 12.7. The molecule has 2 amide bonds. The number of nitrogens with one attached hydrogen (secondary N) is 1. The normalized spacial score (nSPS) is 38.8. The molecule has 1 aromatic carbocycles. The number of nitrogens with zero attached hydrogens (tertiary/aromatic N) is 1. The van der Waals surface area contributed by atoms with Crippen LogP contribution in [0.4, 0.5) is 10.5 Å². The van der Waals surface area contributed by atoms with Gasteiger partial charge in [-0.15, -0.1) is 0 Å². The average Bonchev–Trinajstić information content (AvgIpc) is 3.67. The van der Waals surface area contributed by atoms with Gasteiger partial charge in [0.15, 0.2) is 5.76 Å². The van der Waals surface area contributed by atoms with Gasteiger partial charge < -0.3 is 29.6 Å². The second-order valence-corrected chi connectivity index (χ2v) is 15.2. The number of hydrogen-bond acceptors (Lipinski definition) is 6. The number of anilines is 1. The molecule has 6 aliphatic rings. The monoisotopic (exact) mass is 628 g/mol. The van der Waals surface area contributed by atoms with Crippen LogP contribution in [0.25, 0.3) is 0 Å². The summed E-state index contributed by atoms with van der Waals surface area (Å²) in [5, 5.41) is 26.7. The number of carbonyl (C=O) groups excluding carboxylic acids is 2. The number of aliphatic hydroxyl groups is 2. The fourth-order valence-electron chi connectivity index (χ4n) is 10.8. The minimum atomic E-state index is -1.15. The molecule has 2 aromatic rings. The van der Waals surface area contributed by atoms with E-state index in [0.29, 0.717) is 43.9 Å². The van der Waals surface area contributed by atoms with Crippen molar-refractivity contribution in [1.29, 1.82) is 0 Å². The second-order valence-electron chi connectivity index (χ2n) is 15.2. The zero-order valence-corrected chi connectivity index (χ0v) is 27.3. The summed E-state index contributed by atoms with van der Waals surface area (Å²) < 4.78 is 11.0. The molecule has 1 heterocycles. The van der Waals surface area contributed by atoms with Gasteiger partial charge >= 0.3 is 6.03 Å². The highest BCUT2D eigenvalue weighted by molar-refractivity contribution is 6.08. The molecule has 8 nitrogen and oxygen atoms in total. The Morgan fingerprint density at radius 2 is 1.74 bits per heavy atom. The largest absolute Gasteiger partial charge is 0.461 e. The number of amides is 2. The smallest absolute Gasteiger partial charge is 0.321 e. The maximum Gasteiger partial charge on any atom is 0.321 e. The Kier molecular flexibility index (Phi) is 7.65. The Morgan fingerprint density at radius 3 is 2.48 bits per heavy atom. The highest BCUT2D eigenvalue weighted by Crippen LogP contribution is 2.78. The minimum absolute atomic E-state index is 0.00912. The lowest BCUT2D eigenvalue weighted by Crippen LogP contribution is -2.67. The third-order valence-electron chi connectivity index (χ3n) is 13.2. The predicted molar refractivity (Wildman–Crippen MR) is 175 cm³/mol. The molecule has 246 valence electrons. The molecule has 2 bridgehead atoms. The lowest BCUT2D eigenvalue weighted by Gasteiger charge is -2.71. The van der Waals surface area contributed by atoms with Gasteiger partial charge in [-0.05, 0) is 92.9 Å². The Labute approximate surface area is 271 Å². The molecular weight excluding hydrogens is 580 g/mol. The number of ether oxygens (including phenoxy) is 1. The molecule has 8 heteroatoms. The van der Waals surface area contributed by atoms with E-state index in [0.717, 1.165) is 37.7 Å². The van der Waals surface area contributed by atoms with Gasteiger partial charge in [-0.2, -0.15) is 0 Å². The van der Waals surface area contributed by atoms with E-state index in [1.165, 1.54) is 0 Å². The van der Waals surface area contributed by atoms with E-state index in [4.69, 9.17) is 9.15 Å². The van der Waals surface area contributed by atoms with Gasteiger partial charge in [0.2, 0.25) is 5.78 Å². The summed E-state index contributed by atoms with van der Waals surface area (Å²) >= 11 is 0. The van der Waals surface area contributed by atoms with E-state index in [1.807, 2.05) is 30.3 Å². The first-order valence-corrected chi connectivity index (χ1v) is 17.0. The van der Waals surface area contributed by atoms with Crippen LogP contribution in [-0.2, 0) is 4.74 Å². The molecule has 8 rings (SSSR count). The molecule has 6 aliphatic carbocycles. The van der Waals surface area contributed by atoms with Crippen LogP contribution in [0.5, 0.6) is 0 Å². The molecule has 0 radical (unpaired) electrons. The average molecular weight is 629 g/mol. The van der Waals surface area contributed by atoms with E-state index in [9.17, 15) is 19.8 Å². The fourth-order valence-corrected chi connectivity index (χ4v) is 10.8. The van der Waals surface area contributed by atoms with Crippen LogP contribution in [0.2, 0.25) is 0 Å². The molecule has 3 fully saturated rings. The summed E-state index contributed by atoms with van der Waals surface area (Å²) in [4.78, 5) is 29.9. The number of ketones is 1. The van der Waals surface area contributed by atoms with Gasteiger partial charge in [-0.3, -0.25) is 4.79 Å². The van der Waals surface area contributed by atoms with Crippen molar-refractivity contribution in [2.45, 2.75) is 76.9 Å². The van der Waals surface area contributed by atoms with E-state index >= 15 is 0 Å². The molecule has 0 aliphatic heterocycles. The quantitative estimate of drug-likeness (QED) is 0.163. The maximum absolute atomic E-state index is 14.4. The highest BCUT2D eigenvalue weighted by atomic mass is 16.5. The summed E-state index contributed by atoms with van der Waals surface area (Å²) in [6.07, 6.45) is 13.8. The second kappa shape index (κ2) is 11.2. The topological polar surface area (TPSA) is 112 Å². The van der Waals surface area contributed by atoms with Crippen molar-refractivity contribution < 1.29 is 29.0 Å². The van der Waals surface area contributed by atoms with Crippen molar-refractivity contribution in [2.24, 2.45) is 33.5 Å². The number of hydrogen-bond donors (Lipinski definition) is 3. The van der Waals surface area contributed by atoms with Gasteiger partial charge in [0.1, 0.15) is 0 Å². The van der Waals surface area contributed by atoms with E-state index in [1.54, 1.807) is 30.4 Å². The van der Waals surface area contributed by atoms with Crippen LogP contribution in [0.1, 0.15) is 75.8 Å². The number of methoxy groups -OCH3 is 1. The Balaban J connectivity index is 1.27. The third-order valence-corrected chi connectivity index (χ3v) is 13.2.